The predicted molar refractivity (Wildman–Crippen MR) is 55.5 cm³/mol. The van der Waals surface area contributed by atoms with E-state index in [-0.39, 0.29) is 22.7 Å². The van der Waals surface area contributed by atoms with Crippen LogP contribution in [0.5, 0.6) is 11.5 Å². The molecule has 0 amide bonds. The van der Waals surface area contributed by atoms with Gasteiger partial charge in [-0.3, -0.25) is 10.1 Å². The number of nitro benzene ring substituents is 1. The summed E-state index contributed by atoms with van der Waals surface area (Å²) in [6.07, 6.45) is 0. The molecule has 6 heteroatoms. The smallest absolute Gasteiger partial charge is 0.316 e. The van der Waals surface area contributed by atoms with Crippen molar-refractivity contribution in [3.05, 3.63) is 27.8 Å². The molecule has 0 spiro atoms. The molecule has 0 atom stereocenters. The average Bonchev–Trinajstić information content (AvgIpc) is 2.28. The van der Waals surface area contributed by atoms with E-state index in [0.717, 1.165) is 6.07 Å². The van der Waals surface area contributed by atoms with E-state index in [0.29, 0.717) is 6.61 Å². The largest absolute Gasteiger partial charge is 0.490 e. The highest BCUT2D eigenvalue weighted by molar-refractivity contribution is 5.60. The molecule has 0 radical (unpaired) electrons. The van der Waals surface area contributed by atoms with Gasteiger partial charge in [0.2, 0.25) is 5.75 Å². The first-order valence-corrected chi connectivity index (χ1v) is 4.53. The van der Waals surface area contributed by atoms with E-state index in [1.165, 1.54) is 13.2 Å². The maximum absolute atomic E-state index is 10.8. The first-order valence-electron chi connectivity index (χ1n) is 4.53. The van der Waals surface area contributed by atoms with Crippen molar-refractivity contribution in [2.24, 2.45) is 0 Å². The highest BCUT2D eigenvalue weighted by atomic mass is 16.6. The molecule has 0 aliphatic rings. The van der Waals surface area contributed by atoms with Crippen LogP contribution in [0, 0.1) is 21.4 Å². The maximum Gasteiger partial charge on any atom is 0.316 e. The summed E-state index contributed by atoms with van der Waals surface area (Å²) in [5.41, 5.74) is -0.110. The number of rotatable bonds is 4. The minimum absolute atomic E-state index is 0.0332. The Labute approximate surface area is 92.2 Å². The zero-order valence-electron chi connectivity index (χ0n) is 8.89. The third kappa shape index (κ3) is 2.20. The number of nitrogens with zero attached hydrogens (tertiary/aromatic N) is 2. The van der Waals surface area contributed by atoms with Crippen LogP contribution in [0.25, 0.3) is 0 Å². The van der Waals surface area contributed by atoms with E-state index in [4.69, 9.17) is 14.7 Å². The summed E-state index contributed by atoms with van der Waals surface area (Å²) in [5.74, 6) is 0.238. The van der Waals surface area contributed by atoms with Crippen molar-refractivity contribution in [1.82, 2.24) is 0 Å². The lowest BCUT2D eigenvalue weighted by molar-refractivity contribution is -0.385. The summed E-state index contributed by atoms with van der Waals surface area (Å²) >= 11 is 0. The van der Waals surface area contributed by atoms with Crippen LogP contribution in [0.4, 0.5) is 5.69 Å². The van der Waals surface area contributed by atoms with Crippen LogP contribution in [0.1, 0.15) is 12.5 Å². The highest BCUT2D eigenvalue weighted by Gasteiger charge is 2.21. The third-order valence-corrected chi connectivity index (χ3v) is 1.87. The molecule has 84 valence electrons. The van der Waals surface area contributed by atoms with Gasteiger partial charge in [-0.05, 0) is 6.92 Å². The first kappa shape index (κ1) is 11.8. The van der Waals surface area contributed by atoms with Crippen LogP contribution >= 0.6 is 0 Å². The monoisotopic (exact) mass is 222 g/mol. The van der Waals surface area contributed by atoms with Crippen LogP contribution < -0.4 is 9.47 Å². The quantitative estimate of drug-likeness (QED) is 0.573. The summed E-state index contributed by atoms with van der Waals surface area (Å²) < 4.78 is 10.1. The molecule has 0 aromatic heterocycles. The van der Waals surface area contributed by atoms with Crippen molar-refractivity contribution in [1.29, 1.82) is 5.26 Å². The molecule has 0 fully saturated rings. The minimum Gasteiger partial charge on any atom is -0.490 e. The maximum atomic E-state index is 10.8. The Morgan fingerprint density at radius 1 is 1.56 bits per heavy atom. The second kappa shape index (κ2) is 4.98. The molecule has 0 aliphatic carbocycles. The summed E-state index contributed by atoms with van der Waals surface area (Å²) in [4.78, 5) is 10.2. The van der Waals surface area contributed by atoms with E-state index < -0.39 is 4.92 Å². The van der Waals surface area contributed by atoms with Crippen LogP contribution in [0.15, 0.2) is 12.1 Å². The summed E-state index contributed by atoms with van der Waals surface area (Å²) in [6.45, 7) is 2.08. The van der Waals surface area contributed by atoms with E-state index >= 15 is 0 Å². The Morgan fingerprint density at radius 3 is 2.69 bits per heavy atom. The molecule has 1 aromatic rings. The number of hydrogen-bond acceptors (Lipinski definition) is 5. The molecule has 0 saturated carbocycles. The number of benzene rings is 1. The van der Waals surface area contributed by atoms with Gasteiger partial charge in [0.05, 0.1) is 30.3 Å². The lowest BCUT2D eigenvalue weighted by Gasteiger charge is -2.09. The molecule has 0 bridgehead atoms. The highest BCUT2D eigenvalue weighted by Crippen LogP contribution is 2.37. The lowest BCUT2D eigenvalue weighted by atomic mass is 10.2. The molecule has 0 N–H and O–H groups in total. The fourth-order valence-corrected chi connectivity index (χ4v) is 1.26. The van der Waals surface area contributed by atoms with Gasteiger partial charge < -0.3 is 9.47 Å². The Bertz CT molecular complexity index is 451. The van der Waals surface area contributed by atoms with E-state index in [1.807, 2.05) is 6.07 Å². The van der Waals surface area contributed by atoms with Crippen LogP contribution in [-0.4, -0.2) is 18.6 Å². The van der Waals surface area contributed by atoms with Gasteiger partial charge in [-0.25, -0.2) is 0 Å². The van der Waals surface area contributed by atoms with Crippen molar-refractivity contribution >= 4 is 5.69 Å². The molecule has 6 nitrogen and oxygen atoms in total. The molecule has 0 heterocycles. The first-order chi connectivity index (χ1) is 7.63. The summed E-state index contributed by atoms with van der Waals surface area (Å²) in [6, 6.07) is 4.40. The standard InChI is InChI=1S/C10H10N2O4/c1-3-16-9-5-7(6-11)4-8(12(13)14)10(9)15-2/h4-5H,3H2,1-2H3. The molecule has 0 saturated heterocycles. The molecule has 0 aliphatic heterocycles. The van der Waals surface area contributed by atoms with Gasteiger partial charge in [-0.1, -0.05) is 0 Å². The van der Waals surface area contributed by atoms with Crippen molar-refractivity contribution in [2.75, 3.05) is 13.7 Å². The number of ether oxygens (including phenoxy) is 2. The molecule has 16 heavy (non-hydrogen) atoms. The number of methoxy groups -OCH3 is 1. The van der Waals surface area contributed by atoms with E-state index in [9.17, 15) is 10.1 Å². The Balaban J connectivity index is 3.41. The normalized spacial score (nSPS) is 9.31. The van der Waals surface area contributed by atoms with Gasteiger partial charge in [0, 0.05) is 12.1 Å². The molecular weight excluding hydrogens is 212 g/mol. The average molecular weight is 222 g/mol. The van der Waals surface area contributed by atoms with E-state index in [1.54, 1.807) is 6.92 Å². The predicted octanol–water partition coefficient (Wildman–Crippen LogP) is 1.87. The Kier molecular flexibility index (Phi) is 3.67. The van der Waals surface area contributed by atoms with Crippen LogP contribution in [0.3, 0.4) is 0 Å². The topological polar surface area (TPSA) is 85.4 Å². The van der Waals surface area contributed by atoms with Gasteiger partial charge in [-0.2, -0.15) is 5.26 Å². The fraction of sp³-hybridized carbons (Fsp3) is 0.300. The van der Waals surface area contributed by atoms with Gasteiger partial charge >= 0.3 is 5.69 Å². The fourth-order valence-electron chi connectivity index (χ4n) is 1.26. The van der Waals surface area contributed by atoms with Crippen molar-refractivity contribution in [3.8, 4) is 17.6 Å². The SMILES string of the molecule is CCOc1cc(C#N)cc([N+](=O)[O-])c1OC. The molecule has 1 aromatic carbocycles. The molecule has 1 rings (SSSR count). The zero-order valence-corrected chi connectivity index (χ0v) is 8.89. The Hall–Kier alpha value is -2.29. The number of nitro groups is 1. The van der Waals surface area contributed by atoms with Crippen LogP contribution in [-0.2, 0) is 0 Å². The second-order valence-corrected chi connectivity index (χ2v) is 2.83. The second-order valence-electron chi connectivity index (χ2n) is 2.83. The van der Waals surface area contributed by atoms with Gasteiger partial charge in [0.25, 0.3) is 0 Å². The number of nitriles is 1. The van der Waals surface area contributed by atoms with Crippen molar-refractivity contribution in [2.45, 2.75) is 6.92 Å². The molecule has 0 unspecified atom stereocenters. The van der Waals surface area contributed by atoms with Gasteiger partial charge in [-0.15, -0.1) is 0 Å². The third-order valence-electron chi connectivity index (χ3n) is 1.87. The van der Waals surface area contributed by atoms with Crippen molar-refractivity contribution < 1.29 is 14.4 Å². The molecular formula is C10H10N2O4. The van der Waals surface area contributed by atoms with E-state index in [2.05, 4.69) is 0 Å². The lowest BCUT2D eigenvalue weighted by Crippen LogP contribution is -2.00. The van der Waals surface area contributed by atoms with Gasteiger partial charge in [0.1, 0.15) is 0 Å². The Morgan fingerprint density at radius 2 is 2.25 bits per heavy atom. The number of hydrogen-bond donors (Lipinski definition) is 0. The zero-order chi connectivity index (χ0) is 12.1. The van der Waals surface area contributed by atoms with Gasteiger partial charge in [0.15, 0.2) is 5.75 Å². The summed E-state index contributed by atoms with van der Waals surface area (Å²) in [7, 11) is 1.32. The minimum atomic E-state index is -0.609. The van der Waals surface area contributed by atoms with Crippen LogP contribution in [0.2, 0.25) is 0 Å². The van der Waals surface area contributed by atoms with Crippen molar-refractivity contribution in [3.63, 3.8) is 0 Å². The summed E-state index contributed by atoms with van der Waals surface area (Å²) in [5, 5.41) is 19.5.